The van der Waals surface area contributed by atoms with Crippen molar-refractivity contribution in [2.45, 2.75) is 32.0 Å². The Morgan fingerprint density at radius 2 is 1.67 bits per heavy atom. The number of likely N-dealkylation sites (tertiary alicyclic amines) is 1. The molecule has 8 nitrogen and oxygen atoms in total. The first-order valence-corrected chi connectivity index (χ1v) is 14.3. The maximum atomic E-state index is 14.2. The van der Waals surface area contributed by atoms with Crippen molar-refractivity contribution in [3.8, 4) is 16.8 Å². The Hall–Kier alpha value is -4.64. The summed E-state index contributed by atoms with van der Waals surface area (Å²) in [6.45, 7) is 3.26. The van der Waals surface area contributed by atoms with E-state index in [-0.39, 0.29) is 42.3 Å². The monoisotopic (exact) mass is 586 g/mol. The molecular weight excluding hydrogens is 557 g/mol. The number of hydrogen-bond acceptors (Lipinski definition) is 7. The Labute approximate surface area is 245 Å². The third kappa shape index (κ3) is 5.03. The van der Waals surface area contributed by atoms with Gasteiger partial charge in [0.25, 0.3) is 0 Å². The van der Waals surface area contributed by atoms with Crippen LogP contribution in [0.4, 0.5) is 24.7 Å². The van der Waals surface area contributed by atoms with Gasteiger partial charge >= 0.3 is 6.18 Å². The molecule has 43 heavy (non-hydrogen) atoms. The molecule has 220 valence electrons. The molecule has 1 saturated heterocycles. The topological polar surface area (TPSA) is 93.4 Å². The van der Waals surface area contributed by atoms with Gasteiger partial charge in [-0.3, -0.25) is 9.69 Å². The van der Waals surface area contributed by atoms with Crippen molar-refractivity contribution in [2.24, 2.45) is 0 Å². The van der Waals surface area contributed by atoms with E-state index in [1.807, 2.05) is 35.2 Å². The molecule has 0 spiro atoms. The molecule has 4 heterocycles. The molecule has 0 radical (unpaired) electrons. The third-order valence-electron chi connectivity index (χ3n) is 8.36. The van der Waals surface area contributed by atoms with Crippen LogP contribution >= 0.6 is 0 Å². The average Bonchev–Trinajstić information content (AvgIpc) is 3.72. The number of nitrogens with two attached hydrogens (primary N) is 1. The van der Waals surface area contributed by atoms with Gasteiger partial charge in [0.05, 0.1) is 17.6 Å². The number of fused-ring (bicyclic) bond motifs is 2. The Bertz CT molecular complexity index is 1820. The fourth-order valence-electron chi connectivity index (χ4n) is 6.23. The first-order valence-electron chi connectivity index (χ1n) is 14.3. The van der Waals surface area contributed by atoms with Crippen LogP contribution in [0, 0.1) is 0 Å². The van der Waals surface area contributed by atoms with E-state index >= 15 is 0 Å². The van der Waals surface area contributed by atoms with Gasteiger partial charge < -0.3 is 15.2 Å². The van der Waals surface area contributed by atoms with Crippen molar-refractivity contribution in [3.05, 3.63) is 89.2 Å². The summed E-state index contributed by atoms with van der Waals surface area (Å²) in [5, 5.41) is 8.03. The minimum atomic E-state index is -4.73. The standard InChI is InChI=1S/C32H29F3N6O2/c33-32(34,35)30-25-13-16-40(19-27(42)29(25)41(37-30)23-11-12-28-26(17-23)31(36)38-43-28)22-9-7-20(8-10-22)24-6-2-1-5-21(24)18-39-14-3-4-15-39/h1-2,5-12,17H,3-4,13-16,18-19H2,(H2,36,38). The zero-order valence-electron chi connectivity index (χ0n) is 23.3. The van der Waals surface area contributed by atoms with E-state index < -0.39 is 17.7 Å². The minimum absolute atomic E-state index is 0.00792. The Morgan fingerprint density at radius 3 is 2.44 bits per heavy atom. The molecule has 11 heteroatoms. The van der Waals surface area contributed by atoms with Gasteiger partial charge in [0.2, 0.25) is 5.78 Å². The van der Waals surface area contributed by atoms with E-state index in [2.05, 4.69) is 33.4 Å². The molecule has 0 aliphatic carbocycles. The molecule has 0 amide bonds. The van der Waals surface area contributed by atoms with Crippen LogP contribution in [0.3, 0.4) is 0 Å². The summed E-state index contributed by atoms with van der Waals surface area (Å²) in [5.74, 6) is -0.348. The van der Waals surface area contributed by atoms with E-state index in [1.54, 1.807) is 6.07 Å². The zero-order chi connectivity index (χ0) is 29.7. The van der Waals surface area contributed by atoms with Crippen LogP contribution in [0.15, 0.2) is 71.3 Å². The second-order valence-electron chi connectivity index (χ2n) is 11.1. The SMILES string of the molecule is Nc1noc2ccc(-n3nc(C(F)(F)F)c4c3C(=O)CN(c3ccc(-c5ccccc5CN5CCCC5)cc3)CC4)cc12. The fourth-order valence-corrected chi connectivity index (χ4v) is 6.23. The number of aromatic nitrogens is 3. The van der Waals surface area contributed by atoms with Gasteiger partial charge in [-0.2, -0.15) is 18.3 Å². The molecule has 7 rings (SSSR count). The predicted molar refractivity (Wildman–Crippen MR) is 157 cm³/mol. The quantitative estimate of drug-likeness (QED) is 0.265. The predicted octanol–water partition coefficient (Wildman–Crippen LogP) is 6.12. The molecule has 0 unspecified atom stereocenters. The largest absolute Gasteiger partial charge is 0.435 e. The summed E-state index contributed by atoms with van der Waals surface area (Å²) >= 11 is 0. The van der Waals surface area contributed by atoms with Crippen LogP contribution < -0.4 is 10.6 Å². The fraction of sp³-hybridized carbons (Fsp3) is 0.281. The molecule has 1 fully saturated rings. The molecule has 0 bridgehead atoms. The molecule has 5 aromatic rings. The maximum absolute atomic E-state index is 14.2. The lowest BCUT2D eigenvalue weighted by atomic mass is 9.99. The van der Waals surface area contributed by atoms with Gasteiger partial charge in [-0.05, 0) is 79.4 Å². The van der Waals surface area contributed by atoms with E-state index in [9.17, 15) is 18.0 Å². The van der Waals surface area contributed by atoms with Gasteiger partial charge in [0, 0.05) is 24.3 Å². The van der Waals surface area contributed by atoms with Crippen LogP contribution in [0.1, 0.15) is 40.2 Å². The molecule has 2 aromatic heterocycles. The molecule has 2 aliphatic rings. The van der Waals surface area contributed by atoms with Crippen molar-refractivity contribution in [1.29, 1.82) is 0 Å². The van der Waals surface area contributed by atoms with Crippen LogP contribution in [0.2, 0.25) is 0 Å². The number of benzene rings is 3. The Balaban J connectivity index is 1.19. The van der Waals surface area contributed by atoms with Crippen molar-refractivity contribution in [1.82, 2.24) is 19.8 Å². The van der Waals surface area contributed by atoms with Crippen LogP contribution in [0.5, 0.6) is 0 Å². The molecule has 0 atom stereocenters. The highest BCUT2D eigenvalue weighted by atomic mass is 19.4. The molecule has 2 N–H and O–H groups in total. The van der Waals surface area contributed by atoms with Crippen LogP contribution in [-0.2, 0) is 19.1 Å². The van der Waals surface area contributed by atoms with E-state index in [4.69, 9.17) is 10.3 Å². The lowest BCUT2D eigenvalue weighted by molar-refractivity contribution is -0.141. The van der Waals surface area contributed by atoms with Crippen LogP contribution in [-0.4, -0.2) is 51.8 Å². The summed E-state index contributed by atoms with van der Waals surface area (Å²) in [6, 6.07) is 20.9. The van der Waals surface area contributed by atoms with Gasteiger partial charge in [-0.25, -0.2) is 4.68 Å². The zero-order valence-corrected chi connectivity index (χ0v) is 23.3. The van der Waals surface area contributed by atoms with Crippen LogP contribution in [0.25, 0.3) is 27.8 Å². The Morgan fingerprint density at radius 1 is 0.930 bits per heavy atom. The number of carbonyl (C=O) groups excluding carboxylic acids is 1. The highest BCUT2D eigenvalue weighted by molar-refractivity contribution is 6.01. The maximum Gasteiger partial charge on any atom is 0.435 e. The average molecular weight is 587 g/mol. The number of anilines is 2. The minimum Gasteiger partial charge on any atom is -0.380 e. The second-order valence-corrected chi connectivity index (χ2v) is 11.1. The van der Waals surface area contributed by atoms with Gasteiger partial charge in [0.1, 0.15) is 5.69 Å². The normalized spacial score (nSPS) is 16.2. The van der Waals surface area contributed by atoms with Gasteiger partial charge in [-0.15, -0.1) is 0 Å². The summed E-state index contributed by atoms with van der Waals surface area (Å²) in [4.78, 5) is 18.0. The third-order valence-corrected chi connectivity index (χ3v) is 8.36. The number of carbonyl (C=O) groups is 1. The number of hydrogen-bond donors (Lipinski definition) is 1. The summed E-state index contributed by atoms with van der Waals surface area (Å²) < 4.78 is 48.7. The smallest absolute Gasteiger partial charge is 0.380 e. The van der Waals surface area contributed by atoms with Crippen molar-refractivity contribution in [2.75, 3.05) is 36.8 Å². The summed E-state index contributed by atoms with van der Waals surface area (Å²) in [6.07, 6.45) is -2.27. The van der Waals surface area contributed by atoms with E-state index in [1.165, 1.54) is 30.5 Å². The van der Waals surface area contributed by atoms with Crippen molar-refractivity contribution < 1.29 is 22.5 Å². The molecule has 0 saturated carbocycles. The molecular formula is C32H29F3N6O2. The van der Waals surface area contributed by atoms with Crippen molar-refractivity contribution in [3.63, 3.8) is 0 Å². The lowest BCUT2D eigenvalue weighted by Gasteiger charge is -2.23. The number of Topliss-reactive ketones (excluding diaryl/α,β-unsaturated/α-hetero) is 1. The first-order chi connectivity index (χ1) is 20.8. The number of halogens is 3. The number of ketones is 1. The van der Waals surface area contributed by atoms with Crippen molar-refractivity contribution >= 4 is 28.3 Å². The Kier molecular flexibility index (Phi) is 6.69. The van der Waals surface area contributed by atoms with E-state index in [0.717, 1.165) is 41.1 Å². The number of nitrogen functional groups attached to an aromatic ring is 1. The second kappa shape index (κ2) is 10.6. The number of alkyl halides is 3. The lowest BCUT2D eigenvalue weighted by Crippen LogP contribution is -2.30. The molecule has 3 aromatic carbocycles. The highest BCUT2D eigenvalue weighted by Gasteiger charge is 2.41. The number of rotatable bonds is 5. The van der Waals surface area contributed by atoms with E-state index in [0.29, 0.717) is 11.0 Å². The molecule has 2 aliphatic heterocycles. The van der Waals surface area contributed by atoms with Gasteiger partial charge in [-0.1, -0.05) is 41.6 Å². The summed E-state index contributed by atoms with van der Waals surface area (Å²) in [7, 11) is 0. The number of nitrogens with zero attached hydrogens (tertiary/aromatic N) is 5. The first kappa shape index (κ1) is 27.2. The van der Waals surface area contributed by atoms with Gasteiger partial charge in [0.15, 0.2) is 17.1 Å². The summed E-state index contributed by atoms with van der Waals surface area (Å²) in [5.41, 5.74) is 9.53. The highest BCUT2D eigenvalue weighted by Crippen LogP contribution is 2.37.